The topological polar surface area (TPSA) is 58.2 Å². The maximum Gasteiger partial charge on any atom is 0.255 e. The van der Waals surface area contributed by atoms with E-state index in [1.54, 1.807) is 24.3 Å². The molecule has 130 valence electrons. The fraction of sp³-hybridized carbons (Fsp3) is 0.0476. The van der Waals surface area contributed by atoms with E-state index in [2.05, 4.69) is 10.6 Å². The van der Waals surface area contributed by atoms with Gasteiger partial charge in [0.1, 0.15) is 5.82 Å². The van der Waals surface area contributed by atoms with Gasteiger partial charge in [-0.3, -0.25) is 9.59 Å². The molecule has 0 atom stereocenters. The molecule has 2 N–H and O–H groups in total. The molecule has 0 radical (unpaired) electrons. The minimum Gasteiger partial charge on any atom is -0.356 e. The lowest BCUT2D eigenvalue weighted by molar-refractivity contribution is 0.101. The van der Waals surface area contributed by atoms with Crippen molar-refractivity contribution in [3.8, 4) is 0 Å². The highest BCUT2D eigenvalue weighted by molar-refractivity contribution is 6.04. The molecule has 5 heteroatoms. The number of halogens is 1. The predicted octanol–water partition coefficient (Wildman–Crippen LogP) is 5.02. The minimum absolute atomic E-state index is 0.00695. The van der Waals surface area contributed by atoms with E-state index in [4.69, 9.17) is 0 Å². The van der Waals surface area contributed by atoms with Gasteiger partial charge in [-0.05, 0) is 67.6 Å². The normalized spacial score (nSPS) is 10.2. The van der Waals surface area contributed by atoms with Gasteiger partial charge in [0.2, 0.25) is 0 Å². The average Bonchev–Trinajstić information content (AvgIpc) is 2.64. The van der Waals surface area contributed by atoms with Crippen LogP contribution >= 0.6 is 0 Å². The molecular formula is C21H17FN2O2. The van der Waals surface area contributed by atoms with Crippen molar-refractivity contribution in [2.45, 2.75) is 6.92 Å². The molecule has 1 amide bonds. The summed E-state index contributed by atoms with van der Waals surface area (Å²) < 4.78 is 12.9. The smallest absolute Gasteiger partial charge is 0.255 e. The van der Waals surface area contributed by atoms with E-state index in [9.17, 15) is 14.0 Å². The molecular weight excluding hydrogens is 331 g/mol. The zero-order chi connectivity index (χ0) is 18.5. The summed E-state index contributed by atoms with van der Waals surface area (Å²) in [5, 5.41) is 5.97. The van der Waals surface area contributed by atoms with Crippen LogP contribution in [-0.2, 0) is 0 Å². The van der Waals surface area contributed by atoms with E-state index in [1.807, 2.05) is 24.3 Å². The summed E-state index contributed by atoms with van der Waals surface area (Å²) in [7, 11) is 0. The predicted molar refractivity (Wildman–Crippen MR) is 101 cm³/mol. The third kappa shape index (κ3) is 4.33. The fourth-order valence-corrected chi connectivity index (χ4v) is 2.42. The Bertz CT molecular complexity index is 935. The number of benzene rings is 3. The molecule has 0 aliphatic rings. The third-order valence-corrected chi connectivity index (χ3v) is 3.81. The Morgan fingerprint density at radius 3 is 2.08 bits per heavy atom. The molecule has 26 heavy (non-hydrogen) atoms. The summed E-state index contributed by atoms with van der Waals surface area (Å²) in [5.74, 6) is -0.682. The summed E-state index contributed by atoms with van der Waals surface area (Å²) >= 11 is 0. The highest BCUT2D eigenvalue weighted by Gasteiger charge is 2.06. The molecule has 3 rings (SSSR count). The Hall–Kier alpha value is -3.47. The van der Waals surface area contributed by atoms with Crippen LogP contribution < -0.4 is 10.6 Å². The largest absolute Gasteiger partial charge is 0.356 e. The first kappa shape index (κ1) is 17.4. The first-order valence-electron chi connectivity index (χ1n) is 8.06. The first-order chi connectivity index (χ1) is 12.5. The Kier molecular flexibility index (Phi) is 5.08. The molecule has 0 aliphatic heterocycles. The summed E-state index contributed by atoms with van der Waals surface area (Å²) in [4.78, 5) is 23.6. The number of carbonyl (C=O) groups excluding carboxylic acids is 2. The van der Waals surface area contributed by atoms with E-state index < -0.39 is 0 Å². The van der Waals surface area contributed by atoms with E-state index in [-0.39, 0.29) is 17.5 Å². The third-order valence-electron chi connectivity index (χ3n) is 3.81. The monoisotopic (exact) mass is 348 g/mol. The number of hydrogen-bond acceptors (Lipinski definition) is 3. The van der Waals surface area contributed by atoms with Crippen LogP contribution in [0.4, 0.5) is 21.5 Å². The maximum atomic E-state index is 12.9. The highest BCUT2D eigenvalue weighted by atomic mass is 19.1. The standard InChI is InChI=1S/C21H17FN2O2/c1-14(25)16-3-2-4-20(13-16)23-18-9-11-19(12-10-18)24-21(26)15-5-7-17(22)8-6-15/h2-13,23H,1H3,(H,24,26). The lowest BCUT2D eigenvalue weighted by Gasteiger charge is -2.09. The Morgan fingerprint density at radius 2 is 1.42 bits per heavy atom. The van der Waals surface area contributed by atoms with Gasteiger partial charge in [0, 0.05) is 28.2 Å². The summed E-state index contributed by atoms with van der Waals surface area (Å²) in [5.41, 5.74) is 3.28. The minimum atomic E-state index is -0.384. The van der Waals surface area contributed by atoms with Crippen molar-refractivity contribution in [1.29, 1.82) is 0 Å². The van der Waals surface area contributed by atoms with E-state index in [0.717, 1.165) is 11.4 Å². The van der Waals surface area contributed by atoms with Crippen molar-refractivity contribution in [3.63, 3.8) is 0 Å². The number of hydrogen-bond donors (Lipinski definition) is 2. The van der Waals surface area contributed by atoms with Crippen molar-refractivity contribution in [2.75, 3.05) is 10.6 Å². The van der Waals surface area contributed by atoms with Gasteiger partial charge in [0.15, 0.2) is 5.78 Å². The van der Waals surface area contributed by atoms with E-state index in [1.165, 1.54) is 31.2 Å². The number of carbonyl (C=O) groups is 2. The molecule has 0 saturated heterocycles. The van der Waals surface area contributed by atoms with Crippen LogP contribution in [0.1, 0.15) is 27.6 Å². The lowest BCUT2D eigenvalue weighted by Crippen LogP contribution is -2.11. The van der Waals surface area contributed by atoms with Crippen LogP contribution in [0.5, 0.6) is 0 Å². The van der Waals surface area contributed by atoms with Crippen molar-refractivity contribution < 1.29 is 14.0 Å². The average molecular weight is 348 g/mol. The summed E-state index contributed by atoms with van der Waals surface area (Å²) in [6.45, 7) is 1.53. The molecule has 0 fully saturated rings. The second-order valence-electron chi connectivity index (χ2n) is 5.80. The van der Waals surface area contributed by atoms with Crippen molar-refractivity contribution >= 4 is 28.8 Å². The van der Waals surface area contributed by atoms with Gasteiger partial charge in [0.05, 0.1) is 0 Å². The van der Waals surface area contributed by atoms with Gasteiger partial charge < -0.3 is 10.6 Å². The molecule has 0 bridgehead atoms. The van der Waals surface area contributed by atoms with Gasteiger partial charge in [-0.1, -0.05) is 12.1 Å². The number of rotatable bonds is 5. The molecule has 0 saturated carbocycles. The molecule has 0 unspecified atom stereocenters. The fourth-order valence-electron chi connectivity index (χ4n) is 2.42. The van der Waals surface area contributed by atoms with Crippen LogP contribution in [0.15, 0.2) is 72.8 Å². The van der Waals surface area contributed by atoms with Gasteiger partial charge in [-0.2, -0.15) is 0 Å². The number of amides is 1. The van der Waals surface area contributed by atoms with Crippen LogP contribution in [0.2, 0.25) is 0 Å². The van der Waals surface area contributed by atoms with Gasteiger partial charge in [0.25, 0.3) is 5.91 Å². The zero-order valence-electron chi connectivity index (χ0n) is 14.1. The molecule has 3 aromatic rings. The zero-order valence-corrected chi connectivity index (χ0v) is 14.1. The lowest BCUT2D eigenvalue weighted by atomic mass is 10.1. The summed E-state index contributed by atoms with van der Waals surface area (Å²) in [6.07, 6.45) is 0. The van der Waals surface area contributed by atoms with Crippen LogP contribution in [0.25, 0.3) is 0 Å². The first-order valence-corrected chi connectivity index (χ1v) is 8.06. The van der Waals surface area contributed by atoms with E-state index >= 15 is 0 Å². The molecule has 0 spiro atoms. The maximum absolute atomic E-state index is 12.9. The SMILES string of the molecule is CC(=O)c1cccc(Nc2ccc(NC(=O)c3ccc(F)cc3)cc2)c1. The van der Waals surface area contributed by atoms with Gasteiger partial charge >= 0.3 is 0 Å². The molecule has 4 nitrogen and oxygen atoms in total. The molecule has 0 aliphatic carbocycles. The van der Waals surface area contributed by atoms with E-state index in [0.29, 0.717) is 16.8 Å². The number of Topliss-reactive ketones (excluding diaryl/α,β-unsaturated/α-hetero) is 1. The van der Waals surface area contributed by atoms with Crippen LogP contribution in [0.3, 0.4) is 0 Å². The second kappa shape index (κ2) is 7.61. The highest BCUT2D eigenvalue weighted by Crippen LogP contribution is 2.20. The van der Waals surface area contributed by atoms with Crippen molar-refractivity contribution in [2.24, 2.45) is 0 Å². The van der Waals surface area contributed by atoms with Gasteiger partial charge in [-0.25, -0.2) is 4.39 Å². The number of anilines is 3. The van der Waals surface area contributed by atoms with Crippen LogP contribution in [-0.4, -0.2) is 11.7 Å². The molecule has 3 aromatic carbocycles. The molecule has 0 heterocycles. The molecule has 0 aromatic heterocycles. The quantitative estimate of drug-likeness (QED) is 0.636. The Morgan fingerprint density at radius 1 is 0.769 bits per heavy atom. The Balaban J connectivity index is 1.66. The number of nitrogens with one attached hydrogen (secondary N) is 2. The van der Waals surface area contributed by atoms with Crippen LogP contribution in [0, 0.1) is 5.82 Å². The number of ketones is 1. The van der Waals surface area contributed by atoms with Crippen molar-refractivity contribution in [1.82, 2.24) is 0 Å². The second-order valence-corrected chi connectivity index (χ2v) is 5.80. The van der Waals surface area contributed by atoms with Gasteiger partial charge in [-0.15, -0.1) is 0 Å². The Labute approximate surface area is 150 Å². The van der Waals surface area contributed by atoms with Crippen molar-refractivity contribution in [3.05, 3.63) is 89.7 Å². The summed E-state index contributed by atoms with van der Waals surface area (Å²) in [6, 6.07) is 19.8.